The number of hydrogen-bond acceptors (Lipinski definition) is 0. The van der Waals surface area contributed by atoms with E-state index in [2.05, 4.69) is 70.7 Å². The van der Waals surface area contributed by atoms with Gasteiger partial charge in [-0.25, -0.2) is 11.6 Å². The monoisotopic (exact) mass is 759 g/mol. The molecular weight excluding hydrogens is 706 g/mol. The van der Waals surface area contributed by atoms with E-state index in [0.29, 0.717) is 0 Å². The first-order valence-electron chi connectivity index (χ1n) is 14.4. The van der Waals surface area contributed by atoms with Crippen molar-refractivity contribution in [1.29, 1.82) is 0 Å². The Morgan fingerprint density at radius 2 is 1.57 bits per heavy atom. The minimum absolute atomic E-state index is 0. The summed E-state index contributed by atoms with van der Waals surface area (Å²) in [5.74, 6) is 0. The molecule has 0 fully saturated rings. The van der Waals surface area contributed by atoms with Gasteiger partial charge in [0.2, 0.25) is 0 Å². The van der Waals surface area contributed by atoms with E-state index in [9.17, 15) is 0 Å². The first-order chi connectivity index (χ1) is 17.1. The van der Waals surface area contributed by atoms with Gasteiger partial charge in [0.1, 0.15) is 0 Å². The normalized spacial score (nSPS) is 10.0. The molecule has 0 N–H and O–H groups in total. The van der Waals surface area contributed by atoms with Crippen molar-refractivity contribution in [2.75, 3.05) is 0 Å². The van der Waals surface area contributed by atoms with E-state index in [1.165, 1.54) is 81.8 Å². The van der Waals surface area contributed by atoms with Crippen molar-refractivity contribution >= 4 is 5.57 Å². The Kier molecular flexibility index (Phi) is 40.4. The summed E-state index contributed by atoms with van der Waals surface area (Å²) in [5.41, 5.74) is 4.51. The molecule has 0 spiro atoms. The molecule has 1 aromatic carbocycles. The maximum atomic E-state index is 6.18. The van der Waals surface area contributed by atoms with Crippen LogP contribution in [0.3, 0.4) is 0 Å². The summed E-state index contributed by atoms with van der Waals surface area (Å²) in [6, 6.07) is 9.41. The van der Waals surface area contributed by atoms with E-state index in [1.807, 2.05) is 26.0 Å². The maximum absolute atomic E-state index is 6.18. The molecule has 0 aliphatic carbocycles. The van der Waals surface area contributed by atoms with Crippen LogP contribution in [-0.2, 0) is 6.42 Å². The number of benzene rings is 1. The fraction of sp³-hybridized carbons (Fsp3) is 0.571. The molecule has 0 unspecified atom stereocenters. The quantitative estimate of drug-likeness (QED) is 0.0607. The van der Waals surface area contributed by atoms with Crippen LogP contribution in [0.2, 0.25) is 0 Å². The van der Waals surface area contributed by atoms with E-state index >= 15 is 0 Å². The number of allylic oxidation sites excluding steroid dienone is 6. The van der Waals surface area contributed by atoms with E-state index in [0.717, 1.165) is 36.8 Å². The summed E-state index contributed by atoms with van der Waals surface area (Å²) in [5, 5.41) is 0. The molecule has 208 valence electrons. The van der Waals surface area contributed by atoms with Crippen LogP contribution in [0.5, 0.6) is 0 Å². The zero-order valence-electron chi connectivity index (χ0n) is 25.5. The largest absolute Gasteiger partial charge is 1.00 e. The van der Waals surface area contributed by atoms with Gasteiger partial charge in [-0.3, -0.25) is 5.56 Å². The van der Waals surface area contributed by atoms with Gasteiger partial charge in [0, 0.05) is 0 Å². The summed E-state index contributed by atoms with van der Waals surface area (Å²) in [4.78, 5) is 0. The summed E-state index contributed by atoms with van der Waals surface area (Å²) < 4.78 is 0. The van der Waals surface area contributed by atoms with Gasteiger partial charge < -0.3 is 19.1 Å². The topological polar surface area (TPSA) is 0 Å². The van der Waals surface area contributed by atoms with Gasteiger partial charge in [0.15, 0.2) is 0 Å². The minimum atomic E-state index is 0. The molecule has 1 aromatic rings. The molecule has 0 aromatic heterocycles. The molecule has 0 saturated heterocycles. The van der Waals surface area contributed by atoms with E-state index in [4.69, 9.17) is 6.58 Å². The van der Waals surface area contributed by atoms with Gasteiger partial charge in [-0.05, 0) is 51.9 Å². The standard InChI is InChI=1S/C24H33.C9H18.C2H6.Cm.K/c1-5-7-8-9-10-11-12-13-17-21(3)20-23-18-14-15-19-24(23)22(4)16-6-2;1-3-5-7-9-8-6-4-2;1-2;;/h4-5,7,14-15,18H,2-3,6,8-13,16-17,20H2,1H3;5,7H,3-4,6,8-9H2,1-2H3;1-2H3;;/q-3;;;;+1/b2*7-5-;;;. The van der Waals surface area contributed by atoms with Crippen LogP contribution in [-0.4, -0.2) is 0 Å². The van der Waals surface area contributed by atoms with Crippen LogP contribution in [0, 0.1) is 19.6 Å². The van der Waals surface area contributed by atoms with Crippen LogP contribution < -0.4 is 51.4 Å². The third kappa shape index (κ3) is 27.7. The Morgan fingerprint density at radius 1 is 0.946 bits per heavy atom. The van der Waals surface area contributed by atoms with Crippen molar-refractivity contribution in [1.82, 2.24) is 0 Å². The minimum Gasteiger partial charge on any atom is -0.344 e. The van der Waals surface area contributed by atoms with Crippen LogP contribution >= 0.6 is 0 Å². The van der Waals surface area contributed by atoms with Crippen LogP contribution in [0.4, 0.5) is 0 Å². The Labute approximate surface area is 270 Å². The molecule has 0 radical (unpaired) electrons. The first-order valence-corrected chi connectivity index (χ1v) is 14.4. The molecule has 0 atom stereocenters. The average Bonchev–Trinajstić information content (AvgIpc) is 2.87. The second kappa shape index (κ2) is 34.8. The van der Waals surface area contributed by atoms with E-state index < -0.39 is 0 Å². The molecule has 0 nitrogen and oxygen atoms in total. The molecule has 0 aliphatic rings. The first kappa shape index (κ1) is 42.9. The Hall–Kier alpha value is -1.18. The second-order valence-electron chi connectivity index (χ2n) is 8.88. The summed E-state index contributed by atoms with van der Waals surface area (Å²) in [6.07, 6.45) is 26.9. The molecular formula is C35H57CmK-2. The Balaban J connectivity index is -0.000000356. The van der Waals surface area contributed by atoms with Gasteiger partial charge in [0.05, 0.1) is 0 Å². The smallest absolute Gasteiger partial charge is 0.344 e. The maximum Gasteiger partial charge on any atom is 1.00 e. The predicted octanol–water partition coefficient (Wildman–Crippen LogP) is 8.89. The van der Waals surface area contributed by atoms with Gasteiger partial charge in [0.25, 0.3) is 0 Å². The van der Waals surface area contributed by atoms with Gasteiger partial charge in [-0.1, -0.05) is 96.1 Å². The van der Waals surface area contributed by atoms with Crippen molar-refractivity contribution in [3.05, 3.63) is 85.4 Å². The third-order valence-electron chi connectivity index (χ3n) is 5.66. The molecule has 0 saturated carbocycles. The average molecular weight is 764 g/mol. The van der Waals surface area contributed by atoms with Gasteiger partial charge in [-0.15, -0.1) is 19.1 Å². The summed E-state index contributed by atoms with van der Waals surface area (Å²) >= 11 is 0. The fourth-order valence-corrected chi connectivity index (χ4v) is 3.72. The molecule has 0 amide bonds. The SMILES string of the molecule is CC.CC/C=C\CCCCC.[CH-]=C(CC[CH2-])c1[c-]cccc1CC(=C)CCCCCCC/C=C\C.[Cm].[K+]. The Bertz CT molecular complexity index is 672. The molecule has 1 rings (SSSR count). The van der Waals surface area contributed by atoms with E-state index in [1.54, 1.807) is 0 Å². The molecule has 0 bridgehead atoms. The van der Waals surface area contributed by atoms with Crippen LogP contribution in [0.1, 0.15) is 136 Å². The fourth-order valence-electron chi connectivity index (χ4n) is 3.72. The molecule has 0 aliphatic heterocycles. The zero-order valence-corrected chi connectivity index (χ0v) is 31.6. The molecule has 2 heteroatoms. The van der Waals surface area contributed by atoms with Gasteiger partial charge in [-0.2, -0.15) is 18.6 Å². The Morgan fingerprint density at radius 3 is 2.19 bits per heavy atom. The van der Waals surface area contributed by atoms with Crippen LogP contribution in [0.25, 0.3) is 5.57 Å². The third-order valence-corrected chi connectivity index (χ3v) is 5.66. The number of unbranched alkanes of at least 4 members (excludes halogenated alkanes) is 8. The molecule has 0 heterocycles. The zero-order chi connectivity index (χ0) is 26.6. The van der Waals surface area contributed by atoms with Crippen molar-refractivity contribution < 1.29 is 51.4 Å². The second-order valence-corrected chi connectivity index (χ2v) is 8.88. The molecule has 37 heavy (non-hydrogen) atoms. The summed E-state index contributed by atoms with van der Waals surface area (Å²) in [7, 11) is 0. The van der Waals surface area contributed by atoms with Crippen molar-refractivity contribution in [3.63, 3.8) is 0 Å². The van der Waals surface area contributed by atoms with Crippen LogP contribution in [0.15, 0.2) is 54.7 Å². The summed E-state index contributed by atoms with van der Waals surface area (Å²) in [6.45, 7) is 24.8. The number of hydrogen-bond donors (Lipinski definition) is 0. The number of rotatable bonds is 18. The van der Waals surface area contributed by atoms with Crippen molar-refractivity contribution in [2.45, 2.75) is 131 Å². The van der Waals surface area contributed by atoms with E-state index in [-0.39, 0.29) is 51.4 Å². The van der Waals surface area contributed by atoms with Gasteiger partial charge >= 0.3 is 51.4 Å². The van der Waals surface area contributed by atoms with Crippen molar-refractivity contribution in [3.8, 4) is 0 Å². The predicted molar refractivity (Wildman–Crippen MR) is 162 cm³/mol. The van der Waals surface area contributed by atoms with Crippen molar-refractivity contribution in [2.24, 2.45) is 0 Å².